The molecule has 1 aromatic rings. The summed E-state index contributed by atoms with van der Waals surface area (Å²) in [5, 5.41) is 3.97. The lowest BCUT2D eigenvalue weighted by Gasteiger charge is -2.30. The van der Waals surface area contributed by atoms with E-state index in [1.165, 1.54) is 10.5 Å². The van der Waals surface area contributed by atoms with Crippen LogP contribution in [0, 0.1) is 5.92 Å². The number of carbonyl (C=O) groups is 1. The van der Waals surface area contributed by atoms with Gasteiger partial charge in [0, 0.05) is 27.6 Å². The first kappa shape index (κ1) is 15.2. The highest BCUT2D eigenvalue weighted by Gasteiger charge is 2.28. The largest absolute Gasteiger partial charge is 0.349 e. The van der Waals surface area contributed by atoms with Crippen LogP contribution in [-0.4, -0.2) is 17.7 Å². The minimum atomic E-state index is 0.100. The van der Waals surface area contributed by atoms with E-state index in [9.17, 15) is 4.79 Å². The molecule has 0 radical (unpaired) electrons. The number of hydrogen-bond acceptors (Lipinski definition) is 3. The van der Waals surface area contributed by atoms with Gasteiger partial charge in [0.15, 0.2) is 0 Å². The van der Waals surface area contributed by atoms with E-state index in [0.717, 1.165) is 42.9 Å². The maximum atomic E-state index is 12.5. The number of rotatable bonds is 2. The van der Waals surface area contributed by atoms with Gasteiger partial charge in [-0.2, -0.15) is 0 Å². The minimum Gasteiger partial charge on any atom is -0.349 e. The third kappa shape index (κ3) is 3.55. The molecule has 0 saturated heterocycles. The van der Waals surface area contributed by atoms with Crippen LogP contribution in [0.2, 0.25) is 5.02 Å². The Balaban J connectivity index is 1.68. The number of carbonyl (C=O) groups excluding carboxylic acids is 1. The summed E-state index contributed by atoms with van der Waals surface area (Å²) in [7, 11) is 0. The summed E-state index contributed by atoms with van der Waals surface area (Å²) >= 11 is 7.95. The molecule has 5 heteroatoms. The number of halogens is 1. The fourth-order valence-corrected chi connectivity index (χ4v) is 4.47. The number of hydrogen-bond donors (Lipinski definition) is 2. The summed E-state index contributed by atoms with van der Waals surface area (Å²) in [4.78, 5) is 13.7. The third-order valence-electron chi connectivity index (χ3n) is 4.47. The van der Waals surface area contributed by atoms with E-state index >= 15 is 0 Å². The molecular formula is C16H21ClN2OS. The van der Waals surface area contributed by atoms with Crippen LogP contribution < -0.4 is 11.1 Å². The Morgan fingerprint density at radius 3 is 2.76 bits per heavy atom. The van der Waals surface area contributed by atoms with Gasteiger partial charge in [-0.3, -0.25) is 4.79 Å². The Morgan fingerprint density at radius 1 is 1.24 bits per heavy atom. The Hall–Kier alpha value is -0.710. The van der Waals surface area contributed by atoms with E-state index < -0.39 is 0 Å². The predicted molar refractivity (Wildman–Crippen MR) is 87.6 cm³/mol. The molecule has 0 aromatic heterocycles. The standard InChI is InChI=1S/C16H21ClN2OS/c17-11-3-6-15-13(9-11)14(7-8-21-15)19-16(20)10-1-4-12(18)5-2-10/h3,6,9-10,12,14H,1-2,4-5,7-8,18H2,(H,19,20). The Labute approximate surface area is 135 Å². The highest BCUT2D eigenvalue weighted by molar-refractivity contribution is 7.99. The van der Waals surface area contributed by atoms with Gasteiger partial charge in [-0.1, -0.05) is 11.6 Å². The topological polar surface area (TPSA) is 55.1 Å². The Morgan fingerprint density at radius 2 is 2.00 bits per heavy atom. The molecule has 1 aliphatic carbocycles. The van der Waals surface area contributed by atoms with Gasteiger partial charge < -0.3 is 11.1 Å². The molecule has 1 atom stereocenters. The van der Waals surface area contributed by atoms with Gasteiger partial charge in [0.2, 0.25) is 5.91 Å². The van der Waals surface area contributed by atoms with Gasteiger partial charge in [-0.25, -0.2) is 0 Å². The zero-order valence-electron chi connectivity index (χ0n) is 12.0. The van der Waals surface area contributed by atoms with Crippen LogP contribution in [-0.2, 0) is 4.79 Å². The van der Waals surface area contributed by atoms with Crippen LogP contribution in [0.15, 0.2) is 23.1 Å². The van der Waals surface area contributed by atoms with Gasteiger partial charge in [-0.05, 0) is 55.9 Å². The van der Waals surface area contributed by atoms with Crippen molar-refractivity contribution >= 4 is 29.3 Å². The molecular weight excluding hydrogens is 304 g/mol. The van der Waals surface area contributed by atoms with Crippen molar-refractivity contribution in [3.05, 3.63) is 28.8 Å². The summed E-state index contributed by atoms with van der Waals surface area (Å²) in [6.45, 7) is 0. The minimum absolute atomic E-state index is 0.100. The lowest BCUT2D eigenvalue weighted by atomic mass is 9.85. The second-order valence-corrected chi connectivity index (χ2v) is 7.57. The van der Waals surface area contributed by atoms with Crippen LogP contribution in [0.25, 0.3) is 0 Å². The fraction of sp³-hybridized carbons (Fsp3) is 0.562. The van der Waals surface area contributed by atoms with Gasteiger partial charge >= 0.3 is 0 Å². The third-order valence-corrected chi connectivity index (χ3v) is 5.83. The molecule has 0 spiro atoms. The normalized spacial score (nSPS) is 28.8. The van der Waals surface area contributed by atoms with Crippen LogP contribution in [0.5, 0.6) is 0 Å². The highest BCUT2D eigenvalue weighted by atomic mass is 35.5. The first-order valence-corrected chi connectivity index (χ1v) is 8.98. The number of benzene rings is 1. The fourth-order valence-electron chi connectivity index (χ4n) is 3.19. The molecule has 0 bridgehead atoms. The van der Waals surface area contributed by atoms with Crippen LogP contribution in [0.1, 0.15) is 43.7 Å². The van der Waals surface area contributed by atoms with Crippen molar-refractivity contribution < 1.29 is 4.79 Å². The zero-order valence-corrected chi connectivity index (χ0v) is 13.6. The second-order valence-electron chi connectivity index (χ2n) is 5.99. The molecule has 1 fully saturated rings. The van der Waals surface area contributed by atoms with E-state index in [4.69, 9.17) is 17.3 Å². The van der Waals surface area contributed by atoms with Crippen molar-refractivity contribution in [1.29, 1.82) is 0 Å². The van der Waals surface area contributed by atoms with Crippen molar-refractivity contribution in [2.24, 2.45) is 11.7 Å². The lowest BCUT2D eigenvalue weighted by molar-refractivity contribution is -0.126. The monoisotopic (exact) mass is 324 g/mol. The number of amides is 1. The maximum Gasteiger partial charge on any atom is 0.223 e. The van der Waals surface area contributed by atoms with E-state index in [1.807, 2.05) is 23.9 Å². The van der Waals surface area contributed by atoms with Gasteiger partial charge in [0.25, 0.3) is 0 Å². The number of nitrogens with one attached hydrogen (secondary N) is 1. The Bertz CT molecular complexity index is 529. The maximum absolute atomic E-state index is 12.5. The first-order valence-electron chi connectivity index (χ1n) is 7.61. The number of fused-ring (bicyclic) bond motifs is 1. The lowest BCUT2D eigenvalue weighted by Crippen LogP contribution is -2.38. The average Bonchev–Trinajstić information content (AvgIpc) is 2.48. The van der Waals surface area contributed by atoms with Gasteiger partial charge in [0.1, 0.15) is 0 Å². The van der Waals surface area contributed by atoms with E-state index in [0.29, 0.717) is 0 Å². The van der Waals surface area contributed by atoms with Crippen LogP contribution in [0.4, 0.5) is 0 Å². The zero-order chi connectivity index (χ0) is 14.8. The molecule has 1 aromatic carbocycles. The van der Waals surface area contributed by atoms with Crippen LogP contribution >= 0.6 is 23.4 Å². The number of thioether (sulfide) groups is 1. The summed E-state index contributed by atoms with van der Waals surface area (Å²) < 4.78 is 0. The van der Waals surface area contributed by atoms with Crippen molar-refractivity contribution in [3.8, 4) is 0 Å². The van der Waals surface area contributed by atoms with E-state index in [1.54, 1.807) is 0 Å². The quantitative estimate of drug-likeness (QED) is 0.875. The smallest absolute Gasteiger partial charge is 0.223 e. The van der Waals surface area contributed by atoms with Crippen molar-refractivity contribution in [2.45, 2.75) is 49.1 Å². The first-order chi connectivity index (χ1) is 10.1. The molecule has 1 aliphatic heterocycles. The average molecular weight is 325 g/mol. The molecule has 3 rings (SSSR count). The Kier molecular flexibility index (Phi) is 4.77. The summed E-state index contributed by atoms with van der Waals surface area (Å²) in [6.07, 6.45) is 4.71. The summed E-state index contributed by atoms with van der Waals surface area (Å²) in [5.74, 6) is 1.35. The summed E-state index contributed by atoms with van der Waals surface area (Å²) in [5.41, 5.74) is 7.08. The molecule has 3 N–H and O–H groups in total. The number of nitrogens with two attached hydrogens (primary N) is 1. The predicted octanol–water partition coefficient (Wildman–Crippen LogP) is 3.51. The molecule has 3 nitrogen and oxygen atoms in total. The molecule has 21 heavy (non-hydrogen) atoms. The van der Waals surface area contributed by atoms with E-state index in [-0.39, 0.29) is 23.9 Å². The van der Waals surface area contributed by atoms with Gasteiger partial charge in [-0.15, -0.1) is 11.8 Å². The molecule has 2 aliphatic rings. The second kappa shape index (κ2) is 6.59. The van der Waals surface area contributed by atoms with Crippen molar-refractivity contribution in [3.63, 3.8) is 0 Å². The summed E-state index contributed by atoms with van der Waals surface area (Å²) in [6, 6.07) is 6.34. The molecule has 1 heterocycles. The SMILES string of the molecule is NC1CCC(C(=O)NC2CCSc3ccc(Cl)cc32)CC1. The molecule has 114 valence electrons. The molecule has 1 saturated carbocycles. The molecule has 1 amide bonds. The van der Waals surface area contributed by atoms with Crippen LogP contribution in [0.3, 0.4) is 0 Å². The van der Waals surface area contributed by atoms with Crippen molar-refractivity contribution in [2.75, 3.05) is 5.75 Å². The molecule has 1 unspecified atom stereocenters. The van der Waals surface area contributed by atoms with Gasteiger partial charge in [0.05, 0.1) is 6.04 Å². The van der Waals surface area contributed by atoms with E-state index in [2.05, 4.69) is 11.4 Å². The highest BCUT2D eigenvalue weighted by Crippen LogP contribution is 2.38. The van der Waals surface area contributed by atoms with Crippen molar-refractivity contribution in [1.82, 2.24) is 5.32 Å².